The summed E-state index contributed by atoms with van der Waals surface area (Å²) in [5.74, 6) is 0.881. The van der Waals surface area contributed by atoms with E-state index < -0.39 is 0 Å². The fourth-order valence-corrected chi connectivity index (χ4v) is 2.83. The number of piperidine rings is 1. The van der Waals surface area contributed by atoms with Crippen LogP contribution in [0.5, 0.6) is 0 Å². The summed E-state index contributed by atoms with van der Waals surface area (Å²) >= 11 is 1.57. The van der Waals surface area contributed by atoms with E-state index in [2.05, 4.69) is 16.8 Å². The molecule has 1 fully saturated rings. The summed E-state index contributed by atoms with van der Waals surface area (Å²) in [5.41, 5.74) is 0.563. The Kier molecular flexibility index (Phi) is 3.36. The first kappa shape index (κ1) is 10.6. The molecule has 0 N–H and O–H groups in total. The molecule has 4 heteroatoms. The van der Waals surface area contributed by atoms with Crippen LogP contribution >= 0.6 is 11.3 Å². The van der Waals surface area contributed by atoms with Crippen LogP contribution in [0.15, 0.2) is 5.38 Å². The first-order valence-electron chi connectivity index (χ1n) is 5.49. The number of hydrogen-bond acceptors (Lipinski definition) is 4. The van der Waals surface area contributed by atoms with Gasteiger partial charge in [-0.15, -0.1) is 11.3 Å². The van der Waals surface area contributed by atoms with Crippen LogP contribution < -0.4 is 4.90 Å². The van der Waals surface area contributed by atoms with Crippen molar-refractivity contribution in [3.05, 3.63) is 11.1 Å². The molecule has 0 spiro atoms. The Morgan fingerprint density at radius 1 is 1.60 bits per heavy atom. The van der Waals surface area contributed by atoms with Gasteiger partial charge in [-0.2, -0.15) is 0 Å². The van der Waals surface area contributed by atoms with Crippen molar-refractivity contribution in [3.8, 4) is 0 Å². The summed E-state index contributed by atoms with van der Waals surface area (Å²) in [6.45, 7) is 4.43. The smallest absolute Gasteiger partial charge is 0.185 e. The van der Waals surface area contributed by atoms with Gasteiger partial charge >= 0.3 is 0 Å². The number of hydrogen-bond donors (Lipinski definition) is 0. The third kappa shape index (κ3) is 2.37. The average molecular weight is 224 g/mol. The number of aromatic nitrogens is 1. The normalized spacial score (nSPS) is 18.1. The van der Waals surface area contributed by atoms with Crippen LogP contribution in [-0.2, 0) is 0 Å². The van der Waals surface area contributed by atoms with Gasteiger partial charge in [0.15, 0.2) is 11.4 Å². The van der Waals surface area contributed by atoms with Crippen molar-refractivity contribution < 1.29 is 4.79 Å². The maximum Gasteiger partial charge on any atom is 0.185 e. The number of thiazole rings is 1. The second-order valence-electron chi connectivity index (χ2n) is 4.01. The summed E-state index contributed by atoms with van der Waals surface area (Å²) < 4.78 is 0. The Labute approximate surface area is 94.1 Å². The van der Waals surface area contributed by atoms with Gasteiger partial charge in [-0.05, 0) is 18.8 Å². The van der Waals surface area contributed by atoms with Gasteiger partial charge in [-0.3, -0.25) is 4.79 Å². The van der Waals surface area contributed by atoms with Crippen LogP contribution in [0.3, 0.4) is 0 Å². The molecule has 0 radical (unpaired) electrons. The molecule has 1 aliphatic rings. The van der Waals surface area contributed by atoms with Gasteiger partial charge in [0, 0.05) is 18.5 Å². The topological polar surface area (TPSA) is 33.2 Å². The molecule has 1 aromatic rings. The van der Waals surface area contributed by atoms with E-state index in [1.807, 2.05) is 5.38 Å². The predicted octanol–water partition coefficient (Wildman–Crippen LogP) is 2.58. The lowest BCUT2D eigenvalue weighted by molar-refractivity contribution is 0.111. The minimum atomic E-state index is 0.563. The largest absolute Gasteiger partial charge is 0.348 e. The summed E-state index contributed by atoms with van der Waals surface area (Å²) in [6, 6.07) is 0. The highest BCUT2D eigenvalue weighted by molar-refractivity contribution is 7.13. The highest BCUT2D eigenvalue weighted by atomic mass is 32.1. The van der Waals surface area contributed by atoms with Crippen molar-refractivity contribution in [3.63, 3.8) is 0 Å². The van der Waals surface area contributed by atoms with Gasteiger partial charge in [0.05, 0.1) is 0 Å². The maximum absolute atomic E-state index is 10.5. The first-order chi connectivity index (χ1) is 7.33. The molecule has 1 saturated heterocycles. The lowest BCUT2D eigenvalue weighted by Gasteiger charge is -2.31. The quantitative estimate of drug-likeness (QED) is 0.740. The van der Waals surface area contributed by atoms with E-state index in [9.17, 15) is 4.79 Å². The summed E-state index contributed by atoms with van der Waals surface area (Å²) in [7, 11) is 0. The molecule has 2 rings (SSSR count). The summed E-state index contributed by atoms with van der Waals surface area (Å²) in [6.07, 6.45) is 4.61. The SMILES string of the molecule is CCC1CCN(c2nc(C=O)cs2)CC1. The minimum absolute atomic E-state index is 0.563. The van der Waals surface area contributed by atoms with Crippen molar-refractivity contribution in [2.45, 2.75) is 26.2 Å². The Bertz CT molecular complexity index is 329. The van der Waals surface area contributed by atoms with E-state index in [0.29, 0.717) is 5.69 Å². The first-order valence-corrected chi connectivity index (χ1v) is 6.37. The van der Waals surface area contributed by atoms with Crippen molar-refractivity contribution in [2.75, 3.05) is 18.0 Å². The highest BCUT2D eigenvalue weighted by Crippen LogP contribution is 2.26. The Morgan fingerprint density at radius 3 is 2.87 bits per heavy atom. The standard InChI is InChI=1S/C11H16N2OS/c1-2-9-3-5-13(6-4-9)11-12-10(7-14)8-15-11/h7-9H,2-6H2,1H3. The molecule has 0 unspecified atom stereocenters. The highest BCUT2D eigenvalue weighted by Gasteiger charge is 2.19. The van der Waals surface area contributed by atoms with Gasteiger partial charge in [-0.1, -0.05) is 13.3 Å². The van der Waals surface area contributed by atoms with Gasteiger partial charge in [0.1, 0.15) is 5.69 Å². The zero-order valence-corrected chi connectivity index (χ0v) is 9.80. The van der Waals surface area contributed by atoms with E-state index in [-0.39, 0.29) is 0 Å². The number of rotatable bonds is 3. The second kappa shape index (κ2) is 4.75. The van der Waals surface area contributed by atoms with E-state index in [1.54, 1.807) is 11.3 Å². The van der Waals surface area contributed by atoms with E-state index in [0.717, 1.165) is 30.4 Å². The fourth-order valence-electron chi connectivity index (χ4n) is 2.01. The van der Waals surface area contributed by atoms with Crippen LogP contribution in [0.25, 0.3) is 0 Å². The zero-order chi connectivity index (χ0) is 10.7. The molecule has 0 atom stereocenters. The lowest BCUT2D eigenvalue weighted by Crippen LogP contribution is -2.33. The zero-order valence-electron chi connectivity index (χ0n) is 8.98. The van der Waals surface area contributed by atoms with Crippen LogP contribution in [0.2, 0.25) is 0 Å². The van der Waals surface area contributed by atoms with E-state index >= 15 is 0 Å². The Morgan fingerprint density at radius 2 is 2.33 bits per heavy atom. The van der Waals surface area contributed by atoms with Crippen LogP contribution in [-0.4, -0.2) is 24.4 Å². The average Bonchev–Trinajstić information content (AvgIpc) is 2.78. The number of anilines is 1. The van der Waals surface area contributed by atoms with Crippen molar-refractivity contribution in [2.24, 2.45) is 5.92 Å². The van der Waals surface area contributed by atoms with Crippen molar-refractivity contribution in [1.29, 1.82) is 0 Å². The Balaban J connectivity index is 1.97. The van der Waals surface area contributed by atoms with Gasteiger partial charge in [-0.25, -0.2) is 4.98 Å². The predicted molar refractivity (Wildman–Crippen MR) is 62.7 cm³/mol. The fraction of sp³-hybridized carbons (Fsp3) is 0.636. The molecule has 2 heterocycles. The van der Waals surface area contributed by atoms with Gasteiger partial charge < -0.3 is 4.90 Å². The molecular weight excluding hydrogens is 208 g/mol. The molecular formula is C11H16N2OS. The summed E-state index contributed by atoms with van der Waals surface area (Å²) in [4.78, 5) is 17.1. The molecule has 1 aromatic heterocycles. The molecule has 82 valence electrons. The third-order valence-electron chi connectivity index (χ3n) is 3.09. The van der Waals surface area contributed by atoms with Gasteiger partial charge in [0.2, 0.25) is 0 Å². The number of nitrogens with zero attached hydrogens (tertiary/aromatic N) is 2. The van der Waals surface area contributed by atoms with Crippen LogP contribution in [0.1, 0.15) is 36.7 Å². The third-order valence-corrected chi connectivity index (χ3v) is 4.01. The molecule has 0 amide bonds. The summed E-state index contributed by atoms with van der Waals surface area (Å²) in [5, 5.41) is 2.83. The van der Waals surface area contributed by atoms with Crippen molar-refractivity contribution in [1.82, 2.24) is 4.98 Å². The van der Waals surface area contributed by atoms with Crippen LogP contribution in [0.4, 0.5) is 5.13 Å². The number of carbonyl (C=O) groups excluding carboxylic acids is 1. The molecule has 3 nitrogen and oxygen atoms in total. The minimum Gasteiger partial charge on any atom is -0.348 e. The molecule has 1 aliphatic heterocycles. The van der Waals surface area contributed by atoms with E-state index in [1.165, 1.54) is 19.3 Å². The molecule has 0 saturated carbocycles. The molecule has 0 aliphatic carbocycles. The van der Waals surface area contributed by atoms with Crippen LogP contribution in [0, 0.1) is 5.92 Å². The molecule has 0 aromatic carbocycles. The molecule has 0 bridgehead atoms. The monoisotopic (exact) mass is 224 g/mol. The Hall–Kier alpha value is -0.900. The number of carbonyl (C=O) groups is 1. The lowest BCUT2D eigenvalue weighted by atomic mass is 9.95. The van der Waals surface area contributed by atoms with E-state index in [4.69, 9.17) is 0 Å². The maximum atomic E-state index is 10.5. The van der Waals surface area contributed by atoms with Crippen molar-refractivity contribution >= 4 is 22.8 Å². The number of aldehydes is 1. The van der Waals surface area contributed by atoms with Gasteiger partial charge in [0.25, 0.3) is 0 Å². The second-order valence-corrected chi connectivity index (χ2v) is 4.85. The molecule has 15 heavy (non-hydrogen) atoms.